The molecule has 1 aliphatic heterocycles. The molecule has 0 aliphatic carbocycles. The lowest BCUT2D eigenvalue weighted by Crippen LogP contribution is -2.33. The number of nitrogens with zero attached hydrogens (tertiary/aromatic N) is 5. The molecule has 2 aromatic rings. The molecular weight excluding hydrogens is 278 g/mol. The Balaban J connectivity index is 2.27. The van der Waals surface area contributed by atoms with Gasteiger partial charge in [-0.1, -0.05) is 53.6 Å². The number of aliphatic imine (C=N–C) groups is 1. The van der Waals surface area contributed by atoms with Crippen LogP contribution >= 0.6 is 0 Å². The Kier molecular flexibility index (Phi) is 3.60. The molecule has 1 heterocycles. The van der Waals surface area contributed by atoms with E-state index in [1.54, 1.807) is 7.05 Å². The van der Waals surface area contributed by atoms with Crippen molar-refractivity contribution in [3.63, 3.8) is 0 Å². The van der Waals surface area contributed by atoms with Gasteiger partial charge in [0.2, 0.25) is 6.17 Å². The molecule has 22 heavy (non-hydrogen) atoms. The highest BCUT2D eigenvalue weighted by Crippen LogP contribution is 2.27. The van der Waals surface area contributed by atoms with Gasteiger partial charge in [0.25, 0.3) is 5.91 Å². The first-order valence-corrected chi connectivity index (χ1v) is 6.77. The molecule has 1 unspecified atom stereocenters. The molecule has 2 aromatic carbocycles. The summed E-state index contributed by atoms with van der Waals surface area (Å²) in [7, 11) is 1.66. The zero-order chi connectivity index (χ0) is 15.5. The lowest BCUT2D eigenvalue weighted by Gasteiger charge is -2.18. The predicted octanol–water partition coefficient (Wildman–Crippen LogP) is 3.14. The summed E-state index contributed by atoms with van der Waals surface area (Å²) >= 11 is 0. The van der Waals surface area contributed by atoms with E-state index >= 15 is 0 Å². The van der Waals surface area contributed by atoms with E-state index in [4.69, 9.17) is 5.53 Å². The summed E-state index contributed by atoms with van der Waals surface area (Å²) < 4.78 is 0. The Morgan fingerprint density at radius 3 is 2.55 bits per heavy atom. The largest absolute Gasteiger partial charge is 0.313 e. The minimum atomic E-state index is -1.10. The third kappa shape index (κ3) is 2.32. The summed E-state index contributed by atoms with van der Waals surface area (Å²) in [5.74, 6) is -0.351. The first-order chi connectivity index (χ1) is 10.7. The van der Waals surface area contributed by atoms with Gasteiger partial charge in [0.15, 0.2) is 0 Å². The van der Waals surface area contributed by atoms with Gasteiger partial charge in [-0.3, -0.25) is 9.79 Å². The molecule has 1 aliphatic rings. The first kappa shape index (κ1) is 13.9. The monoisotopic (exact) mass is 291 g/mol. The molecule has 0 radical (unpaired) electrons. The number of azide groups is 1. The second kappa shape index (κ2) is 5.71. The van der Waals surface area contributed by atoms with Crippen molar-refractivity contribution in [1.82, 2.24) is 0 Å². The van der Waals surface area contributed by atoms with Gasteiger partial charge in [-0.2, -0.15) is 0 Å². The van der Waals surface area contributed by atoms with E-state index in [1.165, 1.54) is 4.90 Å². The van der Waals surface area contributed by atoms with E-state index in [9.17, 15) is 4.79 Å². The molecule has 0 spiro atoms. The van der Waals surface area contributed by atoms with Crippen LogP contribution in [0.15, 0.2) is 64.7 Å². The van der Waals surface area contributed by atoms with Gasteiger partial charge in [-0.05, 0) is 11.6 Å². The number of rotatable bonds is 2. The van der Waals surface area contributed by atoms with E-state index in [0.717, 1.165) is 16.8 Å². The highest BCUT2D eigenvalue weighted by molar-refractivity contribution is 6.19. The zero-order valence-electron chi connectivity index (χ0n) is 11.9. The lowest BCUT2D eigenvalue weighted by molar-refractivity contribution is -0.119. The average molecular weight is 291 g/mol. The van der Waals surface area contributed by atoms with Crippen LogP contribution in [0.2, 0.25) is 0 Å². The minimum Gasteiger partial charge on any atom is -0.313 e. The molecule has 0 fully saturated rings. The van der Waals surface area contributed by atoms with Crippen LogP contribution in [-0.2, 0) is 4.79 Å². The number of benzodiazepines with no additional fused rings is 1. The Labute approximate surface area is 127 Å². The summed E-state index contributed by atoms with van der Waals surface area (Å²) in [6.07, 6.45) is -1.10. The molecule has 0 bridgehead atoms. The van der Waals surface area contributed by atoms with Crippen molar-refractivity contribution in [3.05, 3.63) is 76.2 Å². The Bertz CT molecular complexity index is 793. The number of hydrogen-bond donors (Lipinski definition) is 0. The van der Waals surface area contributed by atoms with Gasteiger partial charge < -0.3 is 4.90 Å². The van der Waals surface area contributed by atoms with Gasteiger partial charge in [0.1, 0.15) is 0 Å². The Morgan fingerprint density at radius 2 is 1.82 bits per heavy atom. The first-order valence-electron chi connectivity index (χ1n) is 6.77. The SMILES string of the molecule is CN1C(=O)C(N=[N+]=[N-])N=C(c2ccccc2)c2ccccc21. The van der Waals surface area contributed by atoms with E-state index in [2.05, 4.69) is 15.0 Å². The maximum absolute atomic E-state index is 12.4. The highest BCUT2D eigenvalue weighted by atomic mass is 16.2. The average Bonchev–Trinajstić information content (AvgIpc) is 2.67. The van der Waals surface area contributed by atoms with Crippen LogP contribution in [0.5, 0.6) is 0 Å². The smallest absolute Gasteiger partial charge is 0.257 e. The summed E-state index contributed by atoms with van der Waals surface area (Å²) in [5.41, 5.74) is 11.8. The van der Waals surface area contributed by atoms with Crippen LogP contribution in [0, 0.1) is 0 Å². The molecule has 0 saturated heterocycles. The quantitative estimate of drug-likeness (QED) is 0.475. The summed E-state index contributed by atoms with van der Waals surface area (Å²) in [6, 6.07) is 17.1. The fraction of sp³-hybridized carbons (Fsp3) is 0.125. The maximum atomic E-state index is 12.4. The zero-order valence-corrected chi connectivity index (χ0v) is 11.9. The Morgan fingerprint density at radius 1 is 1.14 bits per heavy atom. The van der Waals surface area contributed by atoms with Crippen LogP contribution in [-0.4, -0.2) is 24.8 Å². The van der Waals surface area contributed by atoms with Crippen molar-refractivity contribution in [2.45, 2.75) is 6.17 Å². The lowest BCUT2D eigenvalue weighted by atomic mass is 10.0. The van der Waals surface area contributed by atoms with E-state index in [0.29, 0.717) is 5.71 Å². The molecule has 0 saturated carbocycles. The van der Waals surface area contributed by atoms with Crippen LogP contribution in [0.3, 0.4) is 0 Å². The molecule has 3 rings (SSSR count). The topological polar surface area (TPSA) is 81.4 Å². The number of anilines is 1. The molecule has 0 N–H and O–H groups in total. The standard InChI is InChI=1S/C16H13N5O/c1-21-13-10-6-5-9-12(13)14(11-7-3-2-4-8-11)18-15(16(21)22)19-20-17/h2-10,15H,1H3. The molecule has 0 aromatic heterocycles. The van der Waals surface area contributed by atoms with E-state index in [-0.39, 0.29) is 5.91 Å². The molecular formula is C16H13N5O. The minimum absolute atomic E-state index is 0.351. The van der Waals surface area contributed by atoms with Crippen molar-refractivity contribution >= 4 is 17.3 Å². The maximum Gasteiger partial charge on any atom is 0.257 e. The summed E-state index contributed by atoms with van der Waals surface area (Å²) in [6.45, 7) is 0. The fourth-order valence-corrected chi connectivity index (χ4v) is 2.46. The van der Waals surface area contributed by atoms with Crippen molar-refractivity contribution in [3.8, 4) is 0 Å². The number of fused-ring (bicyclic) bond motifs is 1. The van der Waals surface area contributed by atoms with Gasteiger partial charge in [-0.25, -0.2) is 0 Å². The number of amides is 1. The van der Waals surface area contributed by atoms with Crippen LogP contribution in [0.25, 0.3) is 10.4 Å². The van der Waals surface area contributed by atoms with Crippen molar-refractivity contribution in [1.29, 1.82) is 0 Å². The number of benzene rings is 2. The van der Waals surface area contributed by atoms with Crippen molar-refractivity contribution < 1.29 is 4.79 Å². The number of hydrogen-bond acceptors (Lipinski definition) is 3. The van der Waals surface area contributed by atoms with Gasteiger partial charge in [0, 0.05) is 23.1 Å². The predicted molar refractivity (Wildman–Crippen MR) is 84.9 cm³/mol. The van der Waals surface area contributed by atoms with Crippen molar-refractivity contribution in [2.24, 2.45) is 10.1 Å². The normalized spacial score (nSPS) is 17.1. The molecule has 1 atom stereocenters. The second-order valence-electron chi connectivity index (χ2n) is 4.84. The van der Waals surface area contributed by atoms with Gasteiger partial charge >= 0.3 is 0 Å². The van der Waals surface area contributed by atoms with Crippen molar-refractivity contribution in [2.75, 3.05) is 11.9 Å². The highest BCUT2D eigenvalue weighted by Gasteiger charge is 2.28. The summed E-state index contributed by atoms with van der Waals surface area (Å²) in [4.78, 5) is 21.1. The molecule has 108 valence electrons. The van der Waals surface area contributed by atoms with Crippen LogP contribution < -0.4 is 4.90 Å². The fourth-order valence-electron chi connectivity index (χ4n) is 2.46. The molecule has 1 amide bonds. The van der Waals surface area contributed by atoms with Crippen LogP contribution in [0.4, 0.5) is 5.69 Å². The molecule has 6 nitrogen and oxygen atoms in total. The number of para-hydroxylation sites is 1. The van der Waals surface area contributed by atoms with E-state index < -0.39 is 6.17 Å². The third-order valence-corrected chi connectivity index (χ3v) is 3.53. The summed E-state index contributed by atoms with van der Waals surface area (Å²) in [5, 5.41) is 3.54. The molecule has 6 heteroatoms. The Hall–Kier alpha value is -3.11. The number of carbonyl (C=O) groups is 1. The van der Waals surface area contributed by atoms with Gasteiger partial charge in [0.05, 0.1) is 11.4 Å². The van der Waals surface area contributed by atoms with Crippen LogP contribution in [0.1, 0.15) is 11.1 Å². The number of likely N-dealkylation sites (N-methyl/N-ethyl adjacent to an activating group) is 1. The van der Waals surface area contributed by atoms with E-state index in [1.807, 2.05) is 54.6 Å². The number of carbonyl (C=O) groups excluding carboxylic acids is 1. The van der Waals surface area contributed by atoms with Gasteiger partial charge in [-0.15, -0.1) is 0 Å². The third-order valence-electron chi connectivity index (χ3n) is 3.53. The second-order valence-corrected chi connectivity index (χ2v) is 4.84.